The van der Waals surface area contributed by atoms with Gasteiger partial charge in [0.2, 0.25) is 0 Å². The third-order valence-corrected chi connectivity index (χ3v) is 5.18. The highest BCUT2D eigenvalue weighted by Crippen LogP contribution is 2.34. The van der Waals surface area contributed by atoms with E-state index in [4.69, 9.17) is 5.73 Å². The Morgan fingerprint density at radius 3 is 2.25 bits per heavy atom. The van der Waals surface area contributed by atoms with Gasteiger partial charge < -0.3 is 5.73 Å². The SMILES string of the molecule is CCC(CC)N(CC(C)C)C(CN)C1CCCC(C)C1. The van der Waals surface area contributed by atoms with Gasteiger partial charge >= 0.3 is 0 Å². The molecule has 2 heteroatoms. The topological polar surface area (TPSA) is 29.3 Å². The molecule has 1 saturated carbocycles. The number of nitrogens with zero attached hydrogens (tertiary/aromatic N) is 1. The van der Waals surface area contributed by atoms with Crippen LogP contribution in [0.5, 0.6) is 0 Å². The molecule has 0 aromatic rings. The molecule has 0 amide bonds. The Balaban J connectivity index is 2.82. The summed E-state index contributed by atoms with van der Waals surface area (Å²) in [6.45, 7) is 13.8. The van der Waals surface area contributed by atoms with Crippen molar-refractivity contribution in [1.29, 1.82) is 0 Å². The zero-order valence-corrected chi connectivity index (χ0v) is 14.6. The lowest BCUT2D eigenvalue weighted by atomic mass is 9.77. The van der Waals surface area contributed by atoms with Gasteiger partial charge in [-0.3, -0.25) is 4.90 Å². The predicted molar refractivity (Wildman–Crippen MR) is 89.9 cm³/mol. The van der Waals surface area contributed by atoms with Crippen molar-refractivity contribution >= 4 is 0 Å². The first kappa shape index (κ1) is 18.0. The molecule has 0 spiro atoms. The van der Waals surface area contributed by atoms with Gasteiger partial charge in [-0.15, -0.1) is 0 Å². The Kier molecular flexibility index (Phi) is 8.13. The molecule has 1 aliphatic carbocycles. The fourth-order valence-electron chi connectivity index (χ4n) is 4.16. The highest BCUT2D eigenvalue weighted by Gasteiger charge is 2.32. The van der Waals surface area contributed by atoms with Crippen LogP contribution in [0.15, 0.2) is 0 Å². The van der Waals surface area contributed by atoms with Gasteiger partial charge in [-0.1, -0.05) is 47.5 Å². The van der Waals surface area contributed by atoms with Gasteiger partial charge in [0.15, 0.2) is 0 Å². The third kappa shape index (κ3) is 5.04. The second-order valence-corrected chi connectivity index (χ2v) is 7.40. The minimum Gasteiger partial charge on any atom is -0.329 e. The first-order valence-corrected chi connectivity index (χ1v) is 8.99. The molecule has 2 N–H and O–H groups in total. The molecule has 0 heterocycles. The van der Waals surface area contributed by atoms with Crippen LogP contribution in [0.25, 0.3) is 0 Å². The van der Waals surface area contributed by atoms with Crippen molar-refractivity contribution in [1.82, 2.24) is 4.90 Å². The molecule has 0 saturated heterocycles. The van der Waals surface area contributed by atoms with Crippen molar-refractivity contribution in [2.45, 2.75) is 85.2 Å². The summed E-state index contributed by atoms with van der Waals surface area (Å²) in [5, 5.41) is 0. The number of hydrogen-bond donors (Lipinski definition) is 1. The van der Waals surface area contributed by atoms with Crippen LogP contribution in [0.1, 0.15) is 73.1 Å². The largest absolute Gasteiger partial charge is 0.329 e. The van der Waals surface area contributed by atoms with E-state index in [2.05, 4.69) is 39.5 Å². The molecular weight excluding hydrogens is 244 g/mol. The molecule has 0 bridgehead atoms. The van der Waals surface area contributed by atoms with Gasteiger partial charge in [-0.2, -0.15) is 0 Å². The van der Waals surface area contributed by atoms with Crippen LogP contribution in [0.3, 0.4) is 0 Å². The molecule has 0 radical (unpaired) electrons. The van der Waals surface area contributed by atoms with E-state index >= 15 is 0 Å². The highest BCUT2D eigenvalue weighted by atomic mass is 15.2. The Morgan fingerprint density at radius 2 is 1.80 bits per heavy atom. The smallest absolute Gasteiger partial charge is 0.0249 e. The third-order valence-electron chi connectivity index (χ3n) is 5.18. The maximum atomic E-state index is 6.23. The molecule has 3 unspecified atom stereocenters. The van der Waals surface area contributed by atoms with E-state index in [1.807, 2.05) is 0 Å². The molecule has 3 atom stereocenters. The predicted octanol–water partition coefficient (Wildman–Crippen LogP) is 4.29. The quantitative estimate of drug-likeness (QED) is 0.719. The lowest BCUT2D eigenvalue weighted by molar-refractivity contribution is 0.0551. The van der Waals surface area contributed by atoms with E-state index in [0.717, 1.165) is 24.3 Å². The van der Waals surface area contributed by atoms with E-state index in [0.29, 0.717) is 12.1 Å². The second-order valence-electron chi connectivity index (χ2n) is 7.40. The van der Waals surface area contributed by atoms with Crippen molar-refractivity contribution in [3.8, 4) is 0 Å². The molecule has 1 rings (SSSR count). The summed E-state index contributed by atoms with van der Waals surface area (Å²) in [4.78, 5) is 2.77. The Labute approximate surface area is 127 Å². The molecule has 1 aliphatic rings. The van der Waals surface area contributed by atoms with Crippen LogP contribution in [-0.4, -0.2) is 30.1 Å². The van der Waals surface area contributed by atoms with E-state index < -0.39 is 0 Å². The Hall–Kier alpha value is -0.0800. The van der Waals surface area contributed by atoms with E-state index in [1.165, 1.54) is 45.1 Å². The lowest BCUT2D eigenvalue weighted by Crippen LogP contribution is -2.52. The van der Waals surface area contributed by atoms with E-state index in [9.17, 15) is 0 Å². The maximum absolute atomic E-state index is 6.23. The van der Waals surface area contributed by atoms with Gasteiger partial charge in [-0.05, 0) is 43.4 Å². The Morgan fingerprint density at radius 1 is 1.15 bits per heavy atom. The molecular formula is C18H38N2. The molecule has 0 aromatic heterocycles. The average Bonchev–Trinajstić information content (AvgIpc) is 2.40. The standard InChI is InChI=1S/C18H38N2/c1-6-17(7-2)20(13-14(3)4)18(12-19)16-10-8-9-15(5)11-16/h14-18H,6-13,19H2,1-5H3. The van der Waals surface area contributed by atoms with Crippen LogP contribution >= 0.6 is 0 Å². The van der Waals surface area contributed by atoms with Crippen molar-refractivity contribution in [3.05, 3.63) is 0 Å². The molecule has 1 fully saturated rings. The van der Waals surface area contributed by atoms with Crippen LogP contribution in [0, 0.1) is 17.8 Å². The molecule has 2 nitrogen and oxygen atoms in total. The zero-order valence-electron chi connectivity index (χ0n) is 14.6. The average molecular weight is 283 g/mol. The van der Waals surface area contributed by atoms with Crippen LogP contribution in [0.2, 0.25) is 0 Å². The zero-order chi connectivity index (χ0) is 15.1. The van der Waals surface area contributed by atoms with Crippen molar-refractivity contribution in [3.63, 3.8) is 0 Å². The van der Waals surface area contributed by atoms with Crippen LogP contribution in [-0.2, 0) is 0 Å². The van der Waals surface area contributed by atoms with Gasteiger partial charge in [0.05, 0.1) is 0 Å². The maximum Gasteiger partial charge on any atom is 0.0249 e. The monoisotopic (exact) mass is 282 g/mol. The normalized spacial score (nSPS) is 25.6. The molecule has 20 heavy (non-hydrogen) atoms. The number of rotatable bonds is 8. The number of nitrogens with two attached hydrogens (primary N) is 1. The molecule has 120 valence electrons. The molecule has 0 aliphatic heterocycles. The summed E-state index contributed by atoms with van der Waals surface area (Å²) in [6, 6.07) is 1.31. The summed E-state index contributed by atoms with van der Waals surface area (Å²) in [7, 11) is 0. The van der Waals surface area contributed by atoms with Gasteiger partial charge in [0.25, 0.3) is 0 Å². The summed E-state index contributed by atoms with van der Waals surface area (Å²) in [5.41, 5.74) is 6.23. The summed E-state index contributed by atoms with van der Waals surface area (Å²) >= 11 is 0. The van der Waals surface area contributed by atoms with Crippen molar-refractivity contribution in [2.75, 3.05) is 13.1 Å². The summed E-state index contributed by atoms with van der Waals surface area (Å²) in [5.74, 6) is 2.44. The van der Waals surface area contributed by atoms with E-state index in [1.54, 1.807) is 0 Å². The van der Waals surface area contributed by atoms with Crippen LogP contribution in [0.4, 0.5) is 0 Å². The fraction of sp³-hybridized carbons (Fsp3) is 1.00. The molecule has 0 aromatic carbocycles. The van der Waals surface area contributed by atoms with Crippen LogP contribution < -0.4 is 5.73 Å². The first-order chi connectivity index (χ1) is 9.53. The lowest BCUT2D eigenvalue weighted by Gasteiger charge is -2.44. The van der Waals surface area contributed by atoms with Gasteiger partial charge in [0, 0.05) is 25.2 Å². The second kappa shape index (κ2) is 9.04. The van der Waals surface area contributed by atoms with Gasteiger partial charge in [0.1, 0.15) is 0 Å². The van der Waals surface area contributed by atoms with Crippen molar-refractivity contribution in [2.24, 2.45) is 23.5 Å². The minimum absolute atomic E-state index is 0.602. The first-order valence-electron chi connectivity index (χ1n) is 8.99. The fourth-order valence-corrected chi connectivity index (χ4v) is 4.16. The van der Waals surface area contributed by atoms with Crippen molar-refractivity contribution < 1.29 is 0 Å². The van der Waals surface area contributed by atoms with E-state index in [-0.39, 0.29) is 0 Å². The minimum atomic E-state index is 0.602. The summed E-state index contributed by atoms with van der Waals surface area (Å²) in [6.07, 6.45) is 8.10. The number of hydrogen-bond acceptors (Lipinski definition) is 2. The summed E-state index contributed by atoms with van der Waals surface area (Å²) < 4.78 is 0. The highest BCUT2D eigenvalue weighted by molar-refractivity contribution is 4.87. The van der Waals surface area contributed by atoms with Gasteiger partial charge in [-0.25, -0.2) is 0 Å². The Bertz CT molecular complexity index is 248.